The molecule has 2 heterocycles. The Morgan fingerprint density at radius 3 is 2.14 bits per heavy atom. The van der Waals surface area contributed by atoms with Crippen LogP contribution in [0.15, 0.2) is 24.4 Å². The molecule has 1 saturated heterocycles. The number of pyridine rings is 1. The maximum Gasteiger partial charge on any atom is 0.414 e. The summed E-state index contributed by atoms with van der Waals surface area (Å²) in [5.74, 6) is -3.65. The van der Waals surface area contributed by atoms with Gasteiger partial charge in [-0.3, -0.25) is 14.8 Å². The van der Waals surface area contributed by atoms with Gasteiger partial charge in [0.05, 0.1) is 5.69 Å². The van der Waals surface area contributed by atoms with Gasteiger partial charge in [0, 0.05) is 45.0 Å². The fourth-order valence-corrected chi connectivity index (χ4v) is 2.16. The minimum absolute atomic E-state index is 0.678. The molecule has 1 aromatic heterocycles. The molecular formula is C15H23N3O4. The van der Waals surface area contributed by atoms with Crippen molar-refractivity contribution in [1.29, 1.82) is 0 Å². The first-order chi connectivity index (χ1) is 10.4. The highest BCUT2D eigenvalue weighted by molar-refractivity contribution is 6.27. The lowest BCUT2D eigenvalue weighted by Gasteiger charge is -2.36. The van der Waals surface area contributed by atoms with Crippen molar-refractivity contribution in [3.8, 4) is 0 Å². The second-order valence-electron chi connectivity index (χ2n) is 5.34. The Morgan fingerprint density at radius 2 is 1.73 bits per heavy atom. The van der Waals surface area contributed by atoms with Crippen LogP contribution in [0, 0.1) is 0 Å². The van der Waals surface area contributed by atoms with E-state index in [4.69, 9.17) is 19.8 Å². The standard InChI is InChI=1S/C13H21N3.C2H2O4/c1-12(2)16-9-7-15(8-10-16)11-13-5-3-4-6-14-13;3-1(4)2(5)6/h3-6,12H,7-11H2,1-2H3;(H,3,4)(H,5,6). The number of aromatic nitrogens is 1. The Morgan fingerprint density at radius 1 is 1.14 bits per heavy atom. The van der Waals surface area contributed by atoms with Crippen LogP contribution < -0.4 is 0 Å². The molecule has 0 spiro atoms. The van der Waals surface area contributed by atoms with Gasteiger partial charge in [0.15, 0.2) is 0 Å². The summed E-state index contributed by atoms with van der Waals surface area (Å²) in [4.78, 5) is 27.6. The van der Waals surface area contributed by atoms with Gasteiger partial charge >= 0.3 is 11.9 Å². The van der Waals surface area contributed by atoms with Crippen molar-refractivity contribution in [2.75, 3.05) is 26.2 Å². The minimum atomic E-state index is -1.82. The molecule has 1 aromatic rings. The van der Waals surface area contributed by atoms with Crippen molar-refractivity contribution in [3.63, 3.8) is 0 Å². The molecule has 0 aromatic carbocycles. The Balaban J connectivity index is 0.000000346. The van der Waals surface area contributed by atoms with Crippen molar-refractivity contribution < 1.29 is 19.8 Å². The highest BCUT2D eigenvalue weighted by Crippen LogP contribution is 2.08. The molecule has 0 bridgehead atoms. The second-order valence-corrected chi connectivity index (χ2v) is 5.34. The monoisotopic (exact) mass is 309 g/mol. The average Bonchev–Trinajstić information content (AvgIpc) is 2.49. The Bertz CT molecular complexity index is 459. The molecule has 1 fully saturated rings. The van der Waals surface area contributed by atoms with Crippen molar-refractivity contribution in [2.24, 2.45) is 0 Å². The highest BCUT2D eigenvalue weighted by atomic mass is 16.4. The predicted molar refractivity (Wildman–Crippen MR) is 81.5 cm³/mol. The maximum absolute atomic E-state index is 9.10. The number of hydrogen-bond donors (Lipinski definition) is 2. The van der Waals surface area contributed by atoms with Crippen molar-refractivity contribution in [1.82, 2.24) is 14.8 Å². The summed E-state index contributed by atoms with van der Waals surface area (Å²) < 4.78 is 0. The third kappa shape index (κ3) is 6.64. The molecule has 22 heavy (non-hydrogen) atoms. The number of carboxylic acid groups (broad SMARTS) is 2. The number of hydrogen-bond acceptors (Lipinski definition) is 5. The van der Waals surface area contributed by atoms with Crippen LogP contribution in [0.4, 0.5) is 0 Å². The zero-order chi connectivity index (χ0) is 16.5. The summed E-state index contributed by atoms with van der Waals surface area (Å²) in [5, 5.41) is 14.8. The van der Waals surface area contributed by atoms with Crippen molar-refractivity contribution in [2.45, 2.75) is 26.4 Å². The van der Waals surface area contributed by atoms with E-state index in [0.717, 1.165) is 19.6 Å². The van der Waals surface area contributed by atoms with Crippen LogP contribution in [0.2, 0.25) is 0 Å². The van der Waals surface area contributed by atoms with Gasteiger partial charge in [0.2, 0.25) is 0 Å². The van der Waals surface area contributed by atoms with Crippen LogP contribution in [0.1, 0.15) is 19.5 Å². The normalized spacial score (nSPS) is 16.0. The Kier molecular flexibility index (Phi) is 7.48. The van der Waals surface area contributed by atoms with Gasteiger partial charge in [-0.1, -0.05) is 6.07 Å². The van der Waals surface area contributed by atoms with Crippen LogP contribution in [0.5, 0.6) is 0 Å². The largest absolute Gasteiger partial charge is 0.473 e. The van der Waals surface area contributed by atoms with Gasteiger partial charge in [-0.2, -0.15) is 0 Å². The van der Waals surface area contributed by atoms with E-state index >= 15 is 0 Å². The van der Waals surface area contributed by atoms with Gasteiger partial charge < -0.3 is 10.2 Å². The molecule has 2 N–H and O–H groups in total. The lowest BCUT2D eigenvalue weighted by molar-refractivity contribution is -0.159. The molecule has 1 aliphatic heterocycles. The number of nitrogens with zero attached hydrogens (tertiary/aromatic N) is 3. The Labute approximate surface area is 130 Å². The van der Waals surface area contributed by atoms with E-state index in [1.807, 2.05) is 12.3 Å². The molecule has 0 saturated carbocycles. The molecule has 1 aliphatic rings. The van der Waals surface area contributed by atoms with Crippen LogP contribution >= 0.6 is 0 Å². The number of aliphatic carboxylic acids is 2. The smallest absolute Gasteiger partial charge is 0.414 e. The van der Waals surface area contributed by atoms with Crippen molar-refractivity contribution in [3.05, 3.63) is 30.1 Å². The fraction of sp³-hybridized carbons (Fsp3) is 0.533. The number of carboxylic acids is 2. The topological polar surface area (TPSA) is 94.0 Å². The van der Waals surface area contributed by atoms with E-state index in [1.54, 1.807) is 0 Å². The van der Waals surface area contributed by atoms with Crippen LogP contribution in [-0.2, 0) is 16.1 Å². The van der Waals surface area contributed by atoms with Crippen molar-refractivity contribution >= 4 is 11.9 Å². The van der Waals surface area contributed by atoms with E-state index in [2.05, 4.69) is 40.8 Å². The molecule has 7 heteroatoms. The minimum Gasteiger partial charge on any atom is -0.473 e. The second kappa shape index (κ2) is 9.11. The molecule has 7 nitrogen and oxygen atoms in total. The molecule has 122 valence electrons. The van der Waals surface area contributed by atoms with Crippen LogP contribution in [0.25, 0.3) is 0 Å². The quantitative estimate of drug-likeness (QED) is 0.796. The summed E-state index contributed by atoms with van der Waals surface area (Å²) in [5.41, 5.74) is 1.18. The van der Waals surface area contributed by atoms with E-state index in [1.165, 1.54) is 18.8 Å². The van der Waals surface area contributed by atoms with Crippen LogP contribution in [0.3, 0.4) is 0 Å². The number of rotatable bonds is 3. The molecule has 0 amide bonds. The first kappa shape index (κ1) is 18.1. The maximum atomic E-state index is 9.10. The van der Waals surface area contributed by atoms with Gasteiger partial charge in [0.25, 0.3) is 0 Å². The molecule has 0 atom stereocenters. The lowest BCUT2D eigenvalue weighted by Crippen LogP contribution is -2.48. The third-order valence-electron chi connectivity index (χ3n) is 3.43. The first-order valence-electron chi connectivity index (χ1n) is 7.22. The van der Waals surface area contributed by atoms with Gasteiger partial charge in [-0.05, 0) is 26.0 Å². The zero-order valence-corrected chi connectivity index (χ0v) is 13.0. The molecule has 0 radical (unpaired) electrons. The first-order valence-corrected chi connectivity index (χ1v) is 7.22. The van der Waals surface area contributed by atoms with E-state index in [9.17, 15) is 0 Å². The average molecular weight is 309 g/mol. The summed E-state index contributed by atoms with van der Waals surface area (Å²) in [6, 6.07) is 6.82. The third-order valence-corrected chi connectivity index (χ3v) is 3.43. The highest BCUT2D eigenvalue weighted by Gasteiger charge is 2.18. The van der Waals surface area contributed by atoms with Crippen LogP contribution in [-0.4, -0.2) is 69.2 Å². The SMILES string of the molecule is CC(C)N1CCN(Cc2ccccn2)CC1.O=C(O)C(=O)O. The predicted octanol–water partition coefficient (Wildman–Crippen LogP) is 0.763. The van der Waals surface area contributed by atoms with E-state index < -0.39 is 11.9 Å². The molecule has 0 unspecified atom stereocenters. The van der Waals surface area contributed by atoms with Gasteiger partial charge in [0.1, 0.15) is 0 Å². The number of carbonyl (C=O) groups is 2. The fourth-order valence-electron chi connectivity index (χ4n) is 2.16. The summed E-state index contributed by atoms with van der Waals surface area (Å²) in [6.45, 7) is 10.2. The summed E-state index contributed by atoms with van der Waals surface area (Å²) >= 11 is 0. The summed E-state index contributed by atoms with van der Waals surface area (Å²) in [6.07, 6.45) is 1.87. The zero-order valence-electron chi connectivity index (χ0n) is 13.0. The molecule has 0 aliphatic carbocycles. The molecular weight excluding hydrogens is 286 g/mol. The van der Waals surface area contributed by atoms with E-state index in [0.29, 0.717) is 6.04 Å². The molecule has 2 rings (SSSR count). The Hall–Kier alpha value is -1.99. The van der Waals surface area contributed by atoms with E-state index in [-0.39, 0.29) is 0 Å². The van der Waals surface area contributed by atoms with Gasteiger partial charge in [-0.15, -0.1) is 0 Å². The summed E-state index contributed by atoms with van der Waals surface area (Å²) in [7, 11) is 0. The lowest BCUT2D eigenvalue weighted by atomic mass is 10.2. The number of piperazine rings is 1. The van der Waals surface area contributed by atoms with Gasteiger partial charge in [-0.25, -0.2) is 9.59 Å².